The molecule has 9 aromatic carbocycles. The van der Waals surface area contributed by atoms with E-state index in [0.29, 0.717) is 0 Å². The first kappa shape index (κ1) is 34.1. The highest BCUT2D eigenvalue weighted by molar-refractivity contribution is 6.27. The summed E-state index contributed by atoms with van der Waals surface area (Å²) < 4.78 is 15.5. The van der Waals surface area contributed by atoms with Gasteiger partial charge in [0.2, 0.25) is 0 Å². The molecule has 0 saturated heterocycles. The summed E-state index contributed by atoms with van der Waals surface area (Å²) in [5.41, 5.74) is 17.6. The summed E-state index contributed by atoms with van der Waals surface area (Å²) in [5, 5.41) is 6.93. The fourth-order valence-electron chi connectivity index (χ4n) is 10.4. The number of anilines is 3. The molecule has 0 unspecified atom stereocenters. The molecule has 1 aliphatic rings. The number of aromatic nitrogens is 1. The first-order valence-corrected chi connectivity index (χ1v) is 21.0. The predicted octanol–water partition coefficient (Wildman–Crippen LogP) is 16.0. The van der Waals surface area contributed by atoms with Gasteiger partial charge in [-0.1, -0.05) is 123 Å². The van der Waals surface area contributed by atoms with Crippen LogP contribution in [0, 0.1) is 0 Å². The van der Waals surface area contributed by atoms with E-state index in [1.165, 1.54) is 44.2 Å². The average molecular weight is 783 g/mol. The molecule has 0 fully saturated rings. The van der Waals surface area contributed by atoms with E-state index in [2.05, 4.69) is 205 Å². The maximum atomic E-state index is 6.76. The Morgan fingerprint density at radius 1 is 0.410 bits per heavy atom. The highest BCUT2D eigenvalue weighted by Gasteiger charge is 2.36. The highest BCUT2D eigenvalue weighted by Crippen LogP contribution is 2.52. The minimum atomic E-state index is -0.130. The van der Waals surface area contributed by atoms with Gasteiger partial charge in [-0.15, -0.1) is 0 Å². The number of para-hydroxylation sites is 4. The molecule has 0 N–H and O–H groups in total. The van der Waals surface area contributed by atoms with E-state index in [4.69, 9.17) is 8.83 Å². The molecule has 288 valence electrons. The fraction of sp³-hybridized carbons (Fsp3) is 0.0526. The maximum Gasteiger partial charge on any atom is 0.138 e. The van der Waals surface area contributed by atoms with Gasteiger partial charge in [-0.25, -0.2) is 0 Å². The van der Waals surface area contributed by atoms with Crippen LogP contribution in [0.1, 0.15) is 25.0 Å². The SMILES string of the molecule is CC1(C)c2ccccc2-c2ccc(-c3c4c(cc5c3c3ccccc3n5-c3ccc(N(c5ccccc5)c5ccc6c(c5)oc5ccccc56)cc3)oc3ccccc34)cc21. The summed E-state index contributed by atoms with van der Waals surface area (Å²) in [6.45, 7) is 4.72. The Bertz CT molecular complexity index is 3730. The molecule has 0 amide bonds. The van der Waals surface area contributed by atoms with Gasteiger partial charge in [0, 0.05) is 78.2 Å². The average Bonchev–Trinajstić information content (AvgIpc) is 4.03. The van der Waals surface area contributed by atoms with Gasteiger partial charge in [0.25, 0.3) is 0 Å². The molecule has 3 heterocycles. The van der Waals surface area contributed by atoms with E-state index < -0.39 is 0 Å². The van der Waals surface area contributed by atoms with Crippen molar-refractivity contribution >= 4 is 82.7 Å². The maximum absolute atomic E-state index is 6.76. The van der Waals surface area contributed by atoms with E-state index in [-0.39, 0.29) is 5.41 Å². The number of hydrogen-bond donors (Lipinski definition) is 0. The van der Waals surface area contributed by atoms with Gasteiger partial charge in [0.05, 0.1) is 11.0 Å². The van der Waals surface area contributed by atoms with Gasteiger partial charge in [-0.2, -0.15) is 0 Å². The Hall–Kier alpha value is -7.82. The second-order valence-electron chi connectivity index (χ2n) is 16.9. The summed E-state index contributed by atoms with van der Waals surface area (Å²) in [5.74, 6) is 0. The summed E-state index contributed by atoms with van der Waals surface area (Å²) in [7, 11) is 0. The van der Waals surface area contributed by atoms with Gasteiger partial charge in [0.15, 0.2) is 0 Å². The van der Waals surface area contributed by atoms with E-state index >= 15 is 0 Å². The zero-order valence-corrected chi connectivity index (χ0v) is 33.7. The number of fused-ring (bicyclic) bond motifs is 12. The van der Waals surface area contributed by atoms with E-state index in [0.717, 1.165) is 77.7 Å². The largest absolute Gasteiger partial charge is 0.456 e. The second-order valence-corrected chi connectivity index (χ2v) is 16.9. The quantitative estimate of drug-likeness (QED) is 0.174. The Morgan fingerprint density at radius 3 is 1.87 bits per heavy atom. The number of hydrogen-bond acceptors (Lipinski definition) is 3. The lowest BCUT2D eigenvalue weighted by atomic mass is 9.81. The normalized spacial score (nSPS) is 13.2. The fourth-order valence-corrected chi connectivity index (χ4v) is 10.4. The second kappa shape index (κ2) is 12.6. The predicted molar refractivity (Wildman–Crippen MR) is 253 cm³/mol. The molecule has 0 radical (unpaired) electrons. The Morgan fingerprint density at radius 2 is 1.03 bits per heavy atom. The molecule has 61 heavy (non-hydrogen) atoms. The van der Waals surface area contributed by atoms with Crippen LogP contribution in [0.2, 0.25) is 0 Å². The monoisotopic (exact) mass is 782 g/mol. The third-order valence-corrected chi connectivity index (χ3v) is 13.2. The third kappa shape index (κ3) is 4.87. The number of furan rings is 2. The van der Waals surface area contributed by atoms with Crippen molar-refractivity contribution in [2.75, 3.05) is 4.90 Å². The van der Waals surface area contributed by atoms with Crippen LogP contribution in [0.5, 0.6) is 0 Å². The number of nitrogens with zero attached hydrogens (tertiary/aromatic N) is 2. The van der Waals surface area contributed by atoms with Gasteiger partial charge in [-0.3, -0.25) is 0 Å². The van der Waals surface area contributed by atoms with Crippen LogP contribution in [-0.4, -0.2) is 4.57 Å². The first-order valence-electron chi connectivity index (χ1n) is 21.0. The zero-order chi connectivity index (χ0) is 40.4. The lowest BCUT2D eigenvalue weighted by Crippen LogP contribution is -2.14. The molecule has 0 atom stereocenters. The number of benzene rings is 9. The molecule has 1 aliphatic carbocycles. The topological polar surface area (TPSA) is 34.5 Å². The molecule has 3 aromatic heterocycles. The van der Waals surface area contributed by atoms with E-state index in [1.807, 2.05) is 12.1 Å². The Balaban J connectivity index is 1.02. The van der Waals surface area contributed by atoms with Crippen LogP contribution < -0.4 is 4.90 Å². The van der Waals surface area contributed by atoms with Crippen molar-refractivity contribution in [1.82, 2.24) is 4.57 Å². The minimum Gasteiger partial charge on any atom is -0.456 e. The van der Waals surface area contributed by atoms with Crippen molar-refractivity contribution in [3.05, 3.63) is 205 Å². The van der Waals surface area contributed by atoms with Crippen molar-refractivity contribution in [2.45, 2.75) is 19.3 Å². The summed E-state index contributed by atoms with van der Waals surface area (Å²) in [6.07, 6.45) is 0. The number of rotatable bonds is 5. The summed E-state index contributed by atoms with van der Waals surface area (Å²) in [4.78, 5) is 2.30. The molecule has 13 rings (SSSR count). The van der Waals surface area contributed by atoms with Gasteiger partial charge >= 0.3 is 0 Å². The summed E-state index contributed by atoms with van der Waals surface area (Å²) in [6, 6.07) is 69.8. The zero-order valence-electron chi connectivity index (χ0n) is 33.7. The highest BCUT2D eigenvalue weighted by atomic mass is 16.3. The molecule has 0 spiro atoms. The molecule has 0 aliphatic heterocycles. The van der Waals surface area contributed by atoms with Crippen LogP contribution in [0.15, 0.2) is 203 Å². The molecule has 4 heteroatoms. The van der Waals surface area contributed by atoms with Gasteiger partial charge in [-0.05, 0) is 101 Å². The van der Waals surface area contributed by atoms with Crippen LogP contribution >= 0.6 is 0 Å². The smallest absolute Gasteiger partial charge is 0.138 e. The molecule has 12 aromatic rings. The lowest BCUT2D eigenvalue weighted by Gasteiger charge is -2.25. The van der Waals surface area contributed by atoms with Crippen LogP contribution in [0.25, 0.3) is 93.6 Å². The molecular formula is C57H38N2O2. The van der Waals surface area contributed by atoms with Crippen molar-refractivity contribution in [3.8, 4) is 27.9 Å². The van der Waals surface area contributed by atoms with Crippen molar-refractivity contribution in [3.63, 3.8) is 0 Å². The van der Waals surface area contributed by atoms with Crippen molar-refractivity contribution in [1.29, 1.82) is 0 Å². The standard InChI is InChI=1S/C57H38N2O2/c1-57(2)46-20-10-6-16-40(46)41-30-24-35(32-47(41)57)54-55-44-18-7-11-21-48(44)59(49(55)34-53-56(54)45-19-9-13-23-51(45)61-53)38-27-25-37(26-28-38)58(36-14-4-3-5-15-36)39-29-31-43-42-17-8-12-22-50(42)60-52(43)33-39/h3-34H,1-2H3. The van der Waals surface area contributed by atoms with E-state index in [1.54, 1.807) is 0 Å². The first-order chi connectivity index (χ1) is 30.0. The van der Waals surface area contributed by atoms with Crippen molar-refractivity contribution < 1.29 is 8.83 Å². The van der Waals surface area contributed by atoms with Gasteiger partial charge < -0.3 is 18.3 Å². The Kier molecular flexibility index (Phi) is 7.04. The molecule has 0 saturated carbocycles. The molecule has 4 nitrogen and oxygen atoms in total. The summed E-state index contributed by atoms with van der Waals surface area (Å²) >= 11 is 0. The molecule has 0 bridgehead atoms. The van der Waals surface area contributed by atoms with Gasteiger partial charge in [0.1, 0.15) is 22.3 Å². The van der Waals surface area contributed by atoms with Crippen LogP contribution in [-0.2, 0) is 5.41 Å². The minimum absolute atomic E-state index is 0.130. The van der Waals surface area contributed by atoms with Crippen molar-refractivity contribution in [2.24, 2.45) is 0 Å². The van der Waals surface area contributed by atoms with Crippen LogP contribution in [0.4, 0.5) is 17.1 Å². The molecular weight excluding hydrogens is 745 g/mol. The lowest BCUT2D eigenvalue weighted by molar-refractivity contribution is 0.660. The van der Waals surface area contributed by atoms with E-state index in [9.17, 15) is 0 Å². The Labute approximate surface area is 352 Å². The van der Waals surface area contributed by atoms with Crippen LogP contribution in [0.3, 0.4) is 0 Å². The third-order valence-electron chi connectivity index (χ3n) is 13.2.